The number of ether oxygens (including phenoxy) is 3. The van der Waals surface area contributed by atoms with Crippen molar-refractivity contribution in [1.82, 2.24) is 0 Å². The topological polar surface area (TPSA) is 312 Å². The molecule has 6 unspecified atom stereocenters. The summed E-state index contributed by atoms with van der Waals surface area (Å²) >= 11 is 0. The molecular formula is C21H39Na3O18. The van der Waals surface area contributed by atoms with Crippen molar-refractivity contribution in [3.63, 3.8) is 0 Å². The molecule has 0 saturated carbocycles. The van der Waals surface area contributed by atoms with Crippen LogP contribution in [-0.2, 0) is 43.0 Å². The molecule has 0 aliphatic carbocycles. The van der Waals surface area contributed by atoms with E-state index < -0.39 is 91.7 Å². The van der Waals surface area contributed by atoms with Gasteiger partial charge >= 0.3 is 124 Å². The van der Waals surface area contributed by atoms with Crippen LogP contribution < -0.4 is 0 Å². The Morgan fingerprint density at radius 2 is 0.619 bits per heavy atom. The van der Waals surface area contributed by atoms with Gasteiger partial charge < -0.3 is 60.2 Å². The van der Waals surface area contributed by atoms with Crippen molar-refractivity contribution in [3.8, 4) is 0 Å². The van der Waals surface area contributed by atoms with Crippen LogP contribution in [0.3, 0.4) is 0 Å². The van der Waals surface area contributed by atoms with Gasteiger partial charge in [0.2, 0.25) is 0 Å². The van der Waals surface area contributed by atoms with Crippen LogP contribution in [0.2, 0.25) is 0 Å². The molecule has 0 aromatic heterocycles. The molecule has 0 aromatic rings. The van der Waals surface area contributed by atoms with Crippen LogP contribution in [0.1, 0.15) is 40.0 Å². The Morgan fingerprint density at radius 1 is 0.452 bits per heavy atom. The minimum absolute atomic E-state index is 0. The fraction of sp³-hybridized carbons (Fsp3) is 0.714. The van der Waals surface area contributed by atoms with Gasteiger partial charge in [-0.25, -0.2) is 14.4 Å². The molecule has 9 N–H and O–H groups in total. The maximum atomic E-state index is 10.4. The molecule has 0 heterocycles. The van der Waals surface area contributed by atoms with Crippen molar-refractivity contribution in [2.75, 3.05) is 19.8 Å². The number of carboxylic acids is 6. The Bertz CT molecular complexity index is 678. The molecule has 42 heavy (non-hydrogen) atoms. The molecule has 234 valence electrons. The summed E-state index contributed by atoms with van der Waals surface area (Å²) in [4.78, 5) is 61.6. The summed E-state index contributed by atoms with van der Waals surface area (Å²) < 4.78 is 13.9. The zero-order valence-corrected chi connectivity index (χ0v) is 21.4. The van der Waals surface area contributed by atoms with Gasteiger partial charge in [0.15, 0.2) is 18.3 Å². The summed E-state index contributed by atoms with van der Waals surface area (Å²) in [5.74, 6) is -7.79. The number of carboxylic acid groups (broad SMARTS) is 6. The molecule has 0 fully saturated rings. The number of aliphatic carboxylic acids is 6. The SMILES string of the molecule is CC(O)COC(CC(=O)O)C(=O)O.CC(O)COC(CC(=O)O)C(=O)O.CC(O)COC(CC(=O)O)C(=O)O.[NaH].[NaH].[NaH]. The van der Waals surface area contributed by atoms with Gasteiger partial charge in [0.25, 0.3) is 0 Å². The summed E-state index contributed by atoms with van der Waals surface area (Å²) in [6.07, 6.45) is -8.44. The first-order valence-electron chi connectivity index (χ1n) is 11.0. The van der Waals surface area contributed by atoms with Crippen molar-refractivity contribution in [2.24, 2.45) is 0 Å². The number of hydrogen-bond donors (Lipinski definition) is 9. The van der Waals surface area contributed by atoms with Gasteiger partial charge in [0.1, 0.15) is 0 Å². The van der Waals surface area contributed by atoms with Crippen molar-refractivity contribution in [3.05, 3.63) is 0 Å². The monoisotopic (exact) mass is 648 g/mol. The minimum atomic E-state index is -1.40. The molecule has 0 saturated heterocycles. The van der Waals surface area contributed by atoms with Crippen LogP contribution in [0.5, 0.6) is 0 Å². The molecule has 21 heteroatoms. The molecule has 0 spiro atoms. The summed E-state index contributed by atoms with van der Waals surface area (Å²) in [6.45, 7) is 3.68. The molecule has 0 bridgehead atoms. The molecule has 6 atom stereocenters. The third kappa shape index (κ3) is 39.6. The second-order valence-electron chi connectivity index (χ2n) is 7.82. The Morgan fingerprint density at radius 3 is 0.714 bits per heavy atom. The van der Waals surface area contributed by atoms with E-state index >= 15 is 0 Å². The van der Waals surface area contributed by atoms with E-state index in [2.05, 4.69) is 14.2 Å². The van der Waals surface area contributed by atoms with Crippen LogP contribution in [0.15, 0.2) is 0 Å². The van der Waals surface area contributed by atoms with Crippen LogP contribution >= 0.6 is 0 Å². The zero-order valence-electron chi connectivity index (χ0n) is 21.4. The van der Waals surface area contributed by atoms with Crippen molar-refractivity contribution in [2.45, 2.75) is 76.7 Å². The van der Waals surface area contributed by atoms with Crippen LogP contribution in [0.4, 0.5) is 0 Å². The average Bonchev–Trinajstić information content (AvgIpc) is 2.76. The second kappa shape index (κ2) is 32.0. The fourth-order valence-corrected chi connectivity index (χ4v) is 1.89. The third-order valence-electron chi connectivity index (χ3n) is 3.52. The summed E-state index contributed by atoms with van der Waals surface area (Å²) in [5.41, 5.74) is 0. The van der Waals surface area contributed by atoms with Crippen LogP contribution in [0, 0.1) is 0 Å². The van der Waals surface area contributed by atoms with Crippen LogP contribution in [-0.4, -0.2) is 227 Å². The zero-order chi connectivity index (χ0) is 31.3. The maximum absolute atomic E-state index is 10.4. The average molecular weight is 648 g/mol. The number of hydrogen-bond acceptors (Lipinski definition) is 12. The van der Waals surface area contributed by atoms with Crippen molar-refractivity contribution < 1.29 is 88.9 Å². The molecule has 0 amide bonds. The van der Waals surface area contributed by atoms with Crippen molar-refractivity contribution >= 4 is 124 Å². The van der Waals surface area contributed by atoms with E-state index in [1.807, 2.05) is 0 Å². The van der Waals surface area contributed by atoms with E-state index in [0.29, 0.717) is 0 Å². The van der Waals surface area contributed by atoms with E-state index in [-0.39, 0.29) is 108 Å². The number of aliphatic hydroxyl groups excluding tert-OH is 3. The van der Waals surface area contributed by atoms with E-state index in [1.165, 1.54) is 20.8 Å². The van der Waals surface area contributed by atoms with Gasteiger partial charge in [-0.05, 0) is 20.8 Å². The van der Waals surface area contributed by atoms with Gasteiger partial charge in [-0.15, -0.1) is 0 Å². The Balaban J connectivity index is -0.000000112. The molecule has 18 nitrogen and oxygen atoms in total. The van der Waals surface area contributed by atoms with Gasteiger partial charge in [0, 0.05) is 0 Å². The summed E-state index contributed by atoms with van der Waals surface area (Å²) in [5, 5.41) is 76.5. The predicted molar refractivity (Wildman–Crippen MR) is 145 cm³/mol. The second-order valence-corrected chi connectivity index (χ2v) is 7.82. The Kier molecular flexibility index (Phi) is 41.2. The number of carbonyl (C=O) groups is 6. The first kappa shape index (κ1) is 54.1. The van der Waals surface area contributed by atoms with E-state index in [9.17, 15) is 28.8 Å². The molecule has 0 aliphatic rings. The van der Waals surface area contributed by atoms with Crippen LogP contribution in [0.25, 0.3) is 0 Å². The van der Waals surface area contributed by atoms with Gasteiger partial charge in [0.05, 0.1) is 57.4 Å². The Hall–Kier alpha value is -0.420. The van der Waals surface area contributed by atoms with Gasteiger partial charge in [-0.2, -0.15) is 0 Å². The quantitative estimate of drug-likeness (QED) is 0.0639. The molecule has 0 rings (SSSR count). The summed E-state index contributed by atoms with van der Waals surface area (Å²) in [7, 11) is 0. The summed E-state index contributed by atoms with van der Waals surface area (Å²) in [6, 6.07) is 0. The van der Waals surface area contributed by atoms with E-state index in [0.717, 1.165) is 0 Å². The third-order valence-corrected chi connectivity index (χ3v) is 3.52. The predicted octanol–water partition coefficient (Wildman–Crippen LogP) is -4.01. The van der Waals surface area contributed by atoms with Crippen molar-refractivity contribution in [1.29, 1.82) is 0 Å². The molecule has 0 aromatic carbocycles. The molecule has 0 radical (unpaired) electrons. The van der Waals surface area contributed by atoms with Gasteiger partial charge in [-0.3, -0.25) is 14.4 Å². The normalized spacial score (nSPS) is 13.9. The molecular weight excluding hydrogens is 609 g/mol. The first-order valence-corrected chi connectivity index (χ1v) is 11.0. The Labute approximate surface area is 307 Å². The standard InChI is InChI=1S/3C7H12O6.3Na.3H/c3*1-4(8)3-13-5(7(11)12)2-6(9)10;;;;;;/h3*4-5,8H,2-3H2,1H3,(H,9,10)(H,11,12);;;;;;. The number of rotatable bonds is 18. The fourth-order valence-electron chi connectivity index (χ4n) is 1.89. The number of aliphatic hydroxyl groups is 3. The van der Waals surface area contributed by atoms with E-state index in [1.54, 1.807) is 0 Å². The van der Waals surface area contributed by atoms with Gasteiger partial charge in [-0.1, -0.05) is 0 Å². The molecule has 0 aliphatic heterocycles. The van der Waals surface area contributed by atoms with E-state index in [4.69, 9.17) is 46.0 Å². The first-order chi connectivity index (χ1) is 17.8.